The summed E-state index contributed by atoms with van der Waals surface area (Å²) < 4.78 is 9.98. The highest BCUT2D eigenvalue weighted by atomic mass is 16.5. The van der Waals surface area contributed by atoms with E-state index in [4.69, 9.17) is 4.74 Å². The van der Waals surface area contributed by atoms with Gasteiger partial charge < -0.3 is 20.1 Å². The Hall–Kier alpha value is -3.68. The minimum absolute atomic E-state index is 0.315. The second kappa shape index (κ2) is 7.93. The second-order valence-corrected chi connectivity index (χ2v) is 5.18. The zero-order valence-corrected chi connectivity index (χ0v) is 14.3. The van der Waals surface area contributed by atoms with Crippen molar-refractivity contribution in [3.63, 3.8) is 0 Å². The number of hydrogen-bond acceptors (Lipinski definition) is 8. The van der Waals surface area contributed by atoms with Gasteiger partial charge in [-0.2, -0.15) is 10.1 Å². The number of benzene rings is 2. The van der Waals surface area contributed by atoms with Crippen LogP contribution in [0.15, 0.2) is 54.7 Å². The lowest BCUT2D eigenvalue weighted by Gasteiger charge is -2.10. The van der Waals surface area contributed by atoms with Crippen LogP contribution in [0.4, 0.5) is 23.1 Å². The Morgan fingerprint density at radius 3 is 2.50 bits per heavy atom. The number of hydrogen-bond donors (Lipinski definition) is 2. The molecule has 0 saturated heterocycles. The van der Waals surface area contributed by atoms with Crippen molar-refractivity contribution in [3.05, 3.63) is 60.3 Å². The van der Waals surface area contributed by atoms with Crippen LogP contribution in [0.5, 0.6) is 5.75 Å². The molecule has 0 spiro atoms. The Balaban J connectivity index is 1.74. The summed E-state index contributed by atoms with van der Waals surface area (Å²) >= 11 is 0. The lowest BCUT2D eigenvalue weighted by atomic mass is 10.2. The van der Waals surface area contributed by atoms with Crippen LogP contribution >= 0.6 is 0 Å². The molecule has 0 aliphatic carbocycles. The predicted molar refractivity (Wildman–Crippen MR) is 97.2 cm³/mol. The number of para-hydroxylation sites is 2. The van der Waals surface area contributed by atoms with Crippen LogP contribution < -0.4 is 15.4 Å². The maximum Gasteiger partial charge on any atom is 0.337 e. The molecule has 3 rings (SSSR count). The lowest BCUT2D eigenvalue weighted by Crippen LogP contribution is -2.04. The van der Waals surface area contributed by atoms with Crippen LogP contribution in [0.3, 0.4) is 0 Å². The highest BCUT2D eigenvalue weighted by Gasteiger charge is 2.07. The summed E-state index contributed by atoms with van der Waals surface area (Å²) in [7, 11) is 2.94. The Kier molecular flexibility index (Phi) is 5.23. The SMILES string of the molecule is COC(=O)c1ccc(Nc2nncc(Nc3ccccc3OC)n2)cc1. The van der Waals surface area contributed by atoms with Gasteiger partial charge in [0, 0.05) is 5.69 Å². The average Bonchev–Trinajstić information content (AvgIpc) is 2.69. The standard InChI is InChI=1S/C18H17N5O3/c1-25-15-6-4-3-5-14(15)21-16-11-19-23-18(22-16)20-13-9-7-12(8-10-13)17(24)26-2/h3-11H,1-2H3,(H2,20,21,22,23). The highest BCUT2D eigenvalue weighted by Crippen LogP contribution is 2.26. The fraction of sp³-hybridized carbons (Fsp3) is 0.111. The normalized spacial score (nSPS) is 10.1. The molecule has 2 N–H and O–H groups in total. The second-order valence-electron chi connectivity index (χ2n) is 5.18. The van der Waals surface area contributed by atoms with Gasteiger partial charge >= 0.3 is 5.97 Å². The third kappa shape index (κ3) is 4.04. The molecular weight excluding hydrogens is 334 g/mol. The largest absolute Gasteiger partial charge is 0.495 e. The fourth-order valence-corrected chi connectivity index (χ4v) is 2.24. The smallest absolute Gasteiger partial charge is 0.337 e. The zero-order chi connectivity index (χ0) is 18.4. The minimum atomic E-state index is -0.391. The molecule has 1 heterocycles. The van der Waals surface area contributed by atoms with Crippen molar-refractivity contribution in [2.24, 2.45) is 0 Å². The van der Waals surface area contributed by atoms with E-state index in [0.29, 0.717) is 28.8 Å². The first kappa shape index (κ1) is 17.2. The van der Waals surface area contributed by atoms with E-state index in [9.17, 15) is 4.79 Å². The monoisotopic (exact) mass is 351 g/mol. The van der Waals surface area contributed by atoms with Crippen molar-refractivity contribution in [2.45, 2.75) is 0 Å². The predicted octanol–water partition coefficient (Wildman–Crippen LogP) is 3.15. The number of ether oxygens (including phenoxy) is 2. The molecule has 8 nitrogen and oxygen atoms in total. The summed E-state index contributed by atoms with van der Waals surface area (Å²) in [6.07, 6.45) is 1.51. The number of anilines is 4. The first-order valence-electron chi connectivity index (χ1n) is 7.75. The van der Waals surface area contributed by atoms with Crippen molar-refractivity contribution in [1.82, 2.24) is 15.2 Å². The summed E-state index contributed by atoms with van der Waals surface area (Å²) in [5, 5.41) is 14.1. The van der Waals surface area contributed by atoms with Gasteiger partial charge in [0.05, 0.1) is 31.7 Å². The number of carbonyl (C=O) groups excluding carboxylic acids is 1. The van der Waals surface area contributed by atoms with Crippen molar-refractivity contribution >= 4 is 29.1 Å². The van der Waals surface area contributed by atoms with Crippen LogP contribution in [0.1, 0.15) is 10.4 Å². The van der Waals surface area contributed by atoms with E-state index in [1.165, 1.54) is 13.3 Å². The van der Waals surface area contributed by atoms with Crippen LogP contribution in [0.25, 0.3) is 0 Å². The number of rotatable bonds is 6. The van der Waals surface area contributed by atoms with E-state index in [0.717, 1.165) is 5.69 Å². The van der Waals surface area contributed by atoms with Crippen LogP contribution in [-0.2, 0) is 4.74 Å². The molecule has 0 fully saturated rings. The summed E-state index contributed by atoms with van der Waals surface area (Å²) in [5.74, 6) is 1.13. The third-order valence-electron chi connectivity index (χ3n) is 3.49. The fourth-order valence-electron chi connectivity index (χ4n) is 2.24. The molecule has 3 aromatic rings. The van der Waals surface area contributed by atoms with E-state index < -0.39 is 5.97 Å². The number of nitrogens with zero attached hydrogens (tertiary/aromatic N) is 3. The molecule has 2 aromatic carbocycles. The van der Waals surface area contributed by atoms with Crippen molar-refractivity contribution in [1.29, 1.82) is 0 Å². The first-order chi connectivity index (χ1) is 12.7. The molecule has 0 aliphatic rings. The van der Waals surface area contributed by atoms with Crippen LogP contribution in [-0.4, -0.2) is 35.4 Å². The molecule has 0 saturated carbocycles. The highest BCUT2D eigenvalue weighted by molar-refractivity contribution is 5.89. The van der Waals surface area contributed by atoms with Crippen molar-refractivity contribution in [3.8, 4) is 5.75 Å². The topological polar surface area (TPSA) is 98.3 Å². The quantitative estimate of drug-likeness (QED) is 0.654. The minimum Gasteiger partial charge on any atom is -0.495 e. The number of carbonyl (C=O) groups is 1. The van der Waals surface area contributed by atoms with Crippen molar-refractivity contribution < 1.29 is 14.3 Å². The third-order valence-corrected chi connectivity index (χ3v) is 3.49. The van der Waals surface area contributed by atoms with Gasteiger partial charge in [-0.3, -0.25) is 0 Å². The maximum atomic E-state index is 11.5. The molecule has 26 heavy (non-hydrogen) atoms. The molecule has 0 aliphatic heterocycles. The molecule has 0 amide bonds. The number of methoxy groups -OCH3 is 2. The van der Waals surface area contributed by atoms with E-state index in [1.54, 1.807) is 31.4 Å². The Morgan fingerprint density at radius 1 is 1.00 bits per heavy atom. The summed E-state index contributed by atoms with van der Waals surface area (Å²) in [4.78, 5) is 15.8. The van der Waals surface area contributed by atoms with E-state index in [1.807, 2.05) is 24.3 Å². The molecule has 0 bridgehead atoms. The molecular formula is C18H17N5O3. The van der Waals surface area contributed by atoms with E-state index in [-0.39, 0.29) is 0 Å². The molecule has 1 aromatic heterocycles. The van der Waals surface area contributed by atoms with Gasteiger partial charge in [0.2, 0.25) is 5.95 Å². The molecule has 0 unspecified atom stereocenters. The lowest BCUT2D eigenvalue weighted by molar-refractivity contribution is 0.0601. The van der Waals surface area contributed by atoms with Gasteiger partial charge in [0.1, 0.15) is 5.75 Å². The van der Waals surface area contributed by atoms with Gasteiger partial charge in [0.15, 0.2) is 5.82 Å². The van der Waals surface area contributed by atoms with Crippen LogP contribution in [0.2, 0.25) is 0 Å². The molecule has 0 radical (unpaired) electrons. The average molecular weight is 351 g/mol. The summed E-state index contributed by atoms with van der Waals surface area (Å²) in [6, 6.07) is 14.3. The zero-order valence-electron chi connectivity index (χ0n) is 14.3. The Labute approximate surface area is 150 Å². The summed E-state index contributed by atoms with van der Waals surface area (Å²) in [6.45, 7) is 0. The Morgan fingerprint density at radius 2 is 1.77 bits per heavy atom. The first-order valence-corrected chi connectivity index (χ1v) is 7.75. The number of nitrogens with one attached hydrogen (secondary N) is 2. The van der Waals surface area contributed by atoms with Gasteiger partial charge in [-0.1, -0.05) is 12.1 Å². The Bertz CT molecular complexity index is 899. The number of esters is 1. The van der Waals surface area contributed by atoms with Gasteiger partial charge in [0.25, 0.3) is 0 Å². The van der Waals surface area contributed by atoms with Gasteiger partial charge in [-0.25, -0.2) is 4.79 Å². The van der Waals surface area contributed by atoms with Crippen LogP contribution in [0, 0.1) is 0 Å². The van der Waals surface area contributed by atoms with Gasteiger partial charge in [-0.05, 0) is 36.4 Å². The molecule has 8 heteroatoms. The van der Waals surface area contributed by atoms with Crippen molar-refractivity contribution in [2.75, 3.05) is 24.9 Å². The van der Waals surface area contributed by atoms with Gasteiger partial charge in [-0.15, -0.1) is 5.10 Å². The van der Waals surface area contributed by atoms with E-state index in [2.05, 4.69) is 30.6 Å². The molecule has 0 atom stereocenters. The summed E-state index contributed by atoms with van der Waals surface area (Å²) in [5.41, 5.74) is 1.95. The maximum absolute atomic E-state index is 11.5. The number of aromatic nitrogens is 3. The molecule has 132 valence electrons. The van der Waals surface area contributed by atoms with E-state index >= 15 is 0 Å².